The first kappa shape index (κ1) is 13.0. The maximum Gasteiger partial charge on any atom is -0.0414 e. The maximum absolute atomic E-state index is 2.28. The molecule has 0 aliphatic heterocycles. The minimum atomic E-state index is 0. The van der Waals surface area contributed by atoms with Crippen molar-refractivity contribution in [2.75, 3.05) is 0 Å². The largest absolute Gasteiger partial charge is 0.344 e. The lowest BCUT2D eigenvalue weighted by atomic mass is 10.1. The van der Waals surface area contributed by atoms with Crippen molar-refractivity contribution in [2.45, 2.75) is 71.1 Å². The van der Waals surface area contributed by atoms with Crippen LogP contribution in [0.5, 0.6) is 0 Å². The Morgan fingerprint density at radius 1 is 0.846 bits per heavy atom. The molecule has 0 heterocycles. The summed E-state index contributed by atoms with van der Waals surface area (Å²) in [5, 5.41) is 0. The Hall–Kier alpha value is -0.0400. The second kappa shape index (κ2) is 8.55. The standard InChI is InChI=1S/C12H24.H3N/c1-2-3-4-5-6-7-8-9-12-10-11-12;/h12H,2-11H2,1H3;1H3. The van der Waals surface area contributed by atoms with E-state index < -0.39 is 0 Å². The van der Waals surface area contributed by atoms with Crippen LogP contribution in [0.1, 0.15) is 71.1 Å². The van der Waals surface area contributed by atoms with Crippen molar-refractivity contribution in [3.8, 4) is 0 Å². The SMILES string of the molecule is CCCCCCCCCC1CC1.N. The number of rotatable bonds is 8. The van der Waals surface area contributed by atoms with Gasteiger partial charge in [0.05, 0.1) is 0 Å². The molecule has 13 heavy (non-hydrogen) atoms. The second-order valence-corrected chi connectivity index (χ2v) is 4.35. The van der Waals surface area contributed by atoms with Crippen LogP contribution >= 0.6 is 0 Å². The van der Waals surface area contributed by atoms with Gasteiger partial charge >= 0.3 is 0 Å². The second-order valence-electron chi connectivity index (χ2n) is 4.35. The lowest BCUT2D eigenvalue weighted by Gasteiger charge is -1.99. The molecule has 0 aromatic rings. The molecule has 0 aromatic carbocycles. The molecule has 1 heteroatoms. The highest BCUT2D eigenvalue weighted by Crippen LogP contribution is 2.34. The van der Waals surface area contributed by atoms with Crippen molar-refractivity contribution in [3.63, 3.8) is 0 Å². The Morgan fingerprint density at radius 3 is 1.92 bits per heavy atom. The van der Waals surface area contributed by atoms with E-state index in [1.807, 2.05) is 0 Å². The third-order valence-electron chi connectivity index (χ3n) is 2.91. The van der Waals surface area contributed by atoms with Gasteiger partial charge in [0.2, 0.25) is 0 Å². The van der Waals surface area contributed by atoms with Gasteiger partial charge in [-0.3, -0.25) is 0 Å². The molecule has 0 saturated heterocycles. The molecule has 3 N–H and O–H groups in total. The highest BCUT2D eigenvalue weighted by atomic mass is 14.2. The highest BCUT2D eigenvalue weighted by Gasteiger charge is 2.19. The van der Waals surface area contributed by atoms with E-state index >= 15 is 0 Å². The predicted molar refractivity (Wildman–Crippen MR) is 60.4 cm³/mol. The van der Waals surface area contributed by atoms with Crippen LogP contribution in [-0.2, 0) is 0 Å². The Bertz CT molecular complexity index is 97.3. The zero-order valence-electron chi connectivity index (χ0n) is 9.36. The quantitative estimate of drug-likeness (QED) is 0.546. The van der Waals surface area contributed by atoms with E-state index in [0.717, 1.165) is 5.92 Å². The molecular weight excluding hydrogens is 158 g/mol. The minimum absolute atomic E-state index is 0. The first-order valence-corrected chi connectivity index (χ1v) is 5.93. The van der Waals surface area contributed by atoms with Gasteiger partial charge in [0.25, 0.3) is 0 Å². The number of unbranched alkanes of at least 4 members (excludes halogenated alkanes) is 6. The summed E-state index contributed by atoms with van der Waals surface area (Å²) in [6.45, 7) is 2.28. The summed E-state index contributed by atoms with van der Waals surface area (Å²) in [5.74, 6) is 1.15. The molecular formula is C12H27N. The molecule has 1 aliphatic rings. The topological polar surface area (TPSA) is 35.0 Å². The van der Waals surface area contributed by atoms with Gasteiger partial charge in [-0.1, -0.05) is 71.1 Å². The molecule has 0 aromatic heterocycles. The molecule has 0 radical (unpaired) electrons. The monoisotopic (exact) mass is 185 g/mol. The third-order valence-corrected chi connectivity index (χ3v) is 2.91. The molecule has 1 saturated carbocycles. The summed E-state index contributed by atoms with van der Waals surface area (Å²) in [4.78, 5) is 0. The molecule has 1 nitrogen and oxygen atoms in total. The lowest BCUT2D eigenvalue weighted by molar-refractivity contribution is 0.558. The van der Waals surface area contributed by atoms with Crippen LogP contribution in [0.2, 0.25) is 0 Å². The van der Waals surface area contributed by atoms with Crippen LogP contribution in [0, 0.1) is 5.92 Å². The predicted octanol–water partition coefficient (Wildman–Crippen LogP) is 4.70. The summed E-state index contributed by atoms with van der Waals surface area (Å²) >= 11 is 0. The van der Waals surface area contributed by atoms with E-state index in [9.17, 15) is 0 Å². The summed E-state index contributed by atoms with van der Waals surface area (Å²) in [6, 6.07) is 0. The van der Waals surface area contributed by atoms with Crippen LogP contribution in [0.15, 0.2) is 0 Å². The van der Waals surface area contributed by atoms with Gasteiger partial charge in [0, 0.05) is 0 Å². The Labute approximate surface area is 83.9 Å². The van der Waals surface area contributed by atoms with Crippen molar-refractivity contribution >= 4 is 0 Å². The normalized spacial score (nSPS) is 15.5. The van der Waals surface area contributed by atoms with Gasteiger partial charge in [0.15, 0.2) is 0 Å². The van der Waals surface area contributed by atoms with Gasteiger partial charge in [-0.25, -0.2) is 0 Å². The van der Waals surface area contributed by atoms with Crippen LogP contribution < -0.4 is 6.15 Å². The fourth-order valence-corrected chi connectivity index (χ4v) is 1.80. The zero-order valence-corrected chi connectivity index (χ0v) is 9.36. The Kier molecular flexibility index (Phi) is 8.53. The van der Waals surface area contributed by atoms with Gasteiger partial charge in [0.1, 0.15) is 0 Å². The van der Waals surface area contributed by atoms with Crippen LogP contribution in [0.25, 0.3) is 0 Å². The van der Waals surface area contributed by atoms with Gasteiger partial charge in [-0.2, -0.15) is 0 Å². The van der Waals surface area contributed by atoms with Crippen LogP contribution in [0.3, 0.4) is 0 Å². The zero-order chi connectivity index (χ0) is 8.65. The highest BCUT2D eigenvalue weighted by molar-refractivity contribution is 4.72. The van der Waals surface area contributed by atoms with Crippen molar-refractivity contribution in [1.29, 1.82) is 0 Å². The molecule has 80 valence electrons. The lowest BCUT2D eigenvalue weighted by Crippen LogP contribution is -1.81. The van der Waals surface area contributed by atoms with Crippen LogP contribution in [-0.4, -0.2) is 0 Å². The Morgan fingerprint density at radius 2 is 1.38 bits per heavy atom. The molecule has 0 amide bonds. The molecule has 0 unspecified atom stereocenters. The average Bonchev–Trinajstić information content (AvgIpc) is 2.87. The fourth-order valence-electron chi connectivity index (χ4n) is 1.80. The molecule has 0 atom stereocenters. The first-order chi connectivity index (χ1) is 5.93. The molecule has 0 bridgehead atoms. The summed E-state index contributed by atoms with van der Waals surface area (Å²) in [7, 11) is 0. The summed E-state index contributed by atoms with van der Waals surface area (Å²) in [5.41, 5.74) is 0. The molecule has 0 spiro atoms. The van der Waals surface area contributed by atoms with E-state index in [4.69, 9.17) is 0 Å². The van der Waals surface area contributed by atoms with Crippen molar-refractivity contribution in [3.05, 3.63) is 0 Å². The van der Waals surface area contributed by atoms with E-state index in [-0.39, 0.29) is 6.15 Å². The average molecular weight is 185 g/mol. The van der Waals surface area contributed by atoms with Crippen molar-refractivity contribution in [2.24, 2.45) is 5.92 Å². The van der Waals surface area contributed by atoms with E-state index in [2.05, 4.69) is 6.92 Å². The van der Waals surface area contributed by atoms with Crippen molar-refractivity contribution in [1.82, 2.24) is 6.15 Å². The van der Waals surface area contributed by atoms with E-state index in [0.29, 0.717) is 0 Å². The minimum Gasteiger partial charge on any atom is -0.344 e. The fraction of sp³-hybridized carbons (Fsp3) is 1.00. The maximum atomic E-state index is 2.28. The molecule has 1 fully saturated rings. The van der Waals surface area contributed by atoms with Gasteiger partial charge < -0.3 is 6.15 Å². The van der Waals surface area contributed by atoms with Crippen LogP contribution in [0.4, 0.5) is 0 Å². The first-order valence-electron chi connectivity index (χ1n) is 5.93. The third kappa shape index (κ3) is 8.29. The van der Waals surface area contributed by atoms with Crippen molar-refractivity contribution < 1.29 is 0 Å². The summed E-state index contributed by atoms with van der Waals surface area (Å²) in [6.07, 6.45) is 14.9. The van der Waals surface area contributed by atoms with Gasteiger partial charge in [-0.05, 0) is 5.92 Å². The van der Waals surface area contributed by atoms with E-state index in [1.54, 1.807) is 0 Å². The molecule has 1 rings (SSSR count). The summed E-state index contributed by atoms with van der Waals surface area (Å²) < 4.78 is 0. The van der Waals surface area contributed by atoms with Gasteiger partial charge in [-0.15, -0.1) is 0 Å². The number of hydrogen-bond acceptors (Lipinski definition) is 1. The smallest absolute Gasteiger partial charge is 0.0414 e. The molecule has 1 aliphatic carbocycles. The Balaban J connectivity index is 0.00000144. The number of hydrogen-bond donors (Lipinski definition) is 1. The van der Waals surface area contributed by atoms with E-state index in [1.165, 1.54) is 64.2 Å².